The van der Waals surface area contributed by atoms with E-state index in [1.165, 1.54) is 0 Å². The molecule has 0 spiro atoms. The molecule has 6 N–H and O–H groups in total. The minimum atomic E-state index is -1.20. The summed E-state index contributed by atoms with van der Waals surface area (Å²) in [6.07, 6.45) is -2.61. The van der Waals surface area contributed by atoms with Gasteiger partial charge >= 0.3 is 0 Å². The summed E-state index contributed by atoms with van der Waals surface area (Å²) < 4.78 is 0. The highest BCUT2D eigenvalue weighted by Gasteiger charge is 2.23. The molecule has 2 atom stereocenters. The largest absolute Gasteiger partial charge is 0.399 e. The molecule has 0 aliphatic rings. The fourth-order valence-electron chi connectivity index (χ4n) is 1.98. The quantitative estimate of drug-likeness (QED) is 0.560. The average molecular weight is 238 g/mol. The molecule has 0 heterocycles. The molecule has 1 amide bonds. The lowest BCUT2D eigenvalue weighted by molar-refractivity contribution is -0.121. The lowest BCUT2D eigenvalue weighted by Crippen LogP contribution is -2.26. The van der Waals surface area contributed by atoms with Crippen molar-refractivity contribution in [2.24, 2.45) is 5.73 Å². The maximum absolute atomic E-state index is 10.7. The molecular formula is C12H18N2O3. The van der Waals surface area contributed by atoms with E-state index in [4.69, 9.17) is 11.5 Å². The lowest BCUT2D eigenvalue weighted by atomic mass is 9.93. The molecular weight excluding hydrogens is 220 g/mol. The minimum Gasteiger partial charge on any atom is -0.399 e. The van der Waals surface area contributed by atoms with Crippen molar-refractivity contribution in [1.29, 1.82) is 0 Å². The molecule has 0 saturated carbocycles. The first-order valence-electron chi connectivity index (χ1n) is 5.34. The molecule has 0 fully saturated rings. The van der Waals surface area contributed by atoms with Gasteiger partial charge in [0.25, 0.3) is 0 Å². The first kappa shape index (κ1) is 13.5. The number of hydrogen-bond acceptors (Lipinski definition) is 4. The Bertz CT molecular complexity index is 409. The second kappa shape index (κ2) is 5.16. The van der Waals surface area contributed by atoms with Crippen molar-refractivity contribution in [3.8, 4) is 0 Å². The Kier molecular flexibility index (Phi) is 4.09. The minimum absolute atomic E-state index is 0.273. The van der Waals surface area contributed by atoms with Crippen LogP contribution in [0.25, 0.3) is 0 Å². The van der Waals surface area contributed by atoms with Crippen LogP contribution in [0.2, 0.25) is 0 Å². The number of amides is 1. The van der Waals surface area contributed by atoms with E-state index < -0.39 is 18.1 Å². The van der Waals surface area contributed by atoms with Crippen molar-refractivity contribution < 1.29 is 15.0 Å². The Morgan fingerprint density at radius 2 is 1.76 bits per heavy atom. The molecule has 1 rings (SSSR count). The second-order valence-electron chi connectivity index (χ2n) is 4.25. The molecule has 5 heteroatoms. The van der Waals surface area contributed by atoms with Crippen molar-refractivity contribution in [3.63, 3.8) is 0 Å². The number of nitrogen functional groups attached to an aromatic ring is 1. The number of rotatable bonds is 4. The average Bonchev–Trinajstić information content (AvgIpc) is 2.14. The van der Waals surface area contributed by atoms with Gasteiger partial charge in [-0.05, 0) is 42.7 Å². The standard InChI is InChI=1S/C12H18N2O3/c1-6-3-8(13)4-7(2)11(6)12(17)9(15)5-10(14)16/h3-4,9,12,15,17H,5,13H2,1-2H3,(H2,14,16). The third kappa shape index (κ3) is 3.18. The van der Waals surface area contributed by atoms with Crippen LogP contribution in [0, 0.1) is 13.8 Å². The molecule has 0 saturated heterocycles. The summed E-state index contributed by atoms with van der Waals surface area (Å²) in [4.78, 5) is 10.7. The smallest absolute Gasteiger partial charge is 0.220 e. The molecule has 0 aliphatic heterocycles. The molecule has 0 radical (unpaired) electrons. The van der Waals surface area contributed by atoms with E-state index in [-0.39, 0.29) is 6.42 Å². The summed E-state index contributed by atoms with van der Waals surface area (Å²) in [5.41, 5.74) is 13.4. The Morgan fingerprint density at radius 3 is 2.18 bits per heavy atom. The molecule has 0 aliphatic carbocycles. The molecule has 17 heavy (non-hydrogen) atoms. The maximum atomic E-state index is 10.7. The fourth-order valence-corrected chi connectivity index (χ4v) is 1.98. The van der Waals surface area contributed by atoms with Crippen molar-refractivity contribution in [2.75, 3.05) is 5.73 Å². The first-order valence-corrected chi connectivity index (χ1v) is 5.34. The lowest BCUT2D eigenvalue weighted by Gasteiger charge is -2.21. The van der Waals surface area contributed by atoms with Crippen molar-refractivity contribution in [2.45, 2.75) is 32.5 Å². The molecule has 0 bridgehead atoms. The van der Waals surface area contributed by atoms with Gasteiger partial charge in [0.15, 0.2) is 0 Å². The number of aryl methyl sites for hydroxylation is 2. The third-order valence-electron chi connectivity index (χ3n) is 2.69. The number of hydrogen-bond donors (Lipinski definition) is 4. The summed E-state index contributed by atoms with van der Waals surface area (Å²) in [5, 5.41) is 19.7. The van der Waals surface area contributed by atoms with Crippen molar-refractivity contribution in [1.82, 2.24) is 0 Å². The summed E-state index contributed by atoms with van der Waals surface area (Å²) in [6.45, 7) is 3.58. The van der Waals surface area contributed by atoms with Crippen molar-refractivity contribution in [3.05, 3.63) is 28.8 Å². The first-order chi connectivity index (χ1) is 7.82. The number of carbonyl (C=O) groups excluding carboxylic acids is 1. The van der Waals surface area contributed by atoms with Crippen molar-refractivity contribution >= 4 is 11.6 Å². The van der Waals surface area contributed by atoms with Crippen LogP contribution >= 0.6 is 0 Å². The Morgan fingerprint density at radius 1 is 1.29 bits per heavy atom. The van der Waals surface area contributed by atoms with E-state index in [1.807, 2.05) is 0 Å². The van der Waals surface area contributed by atoms with E-state index in [0.29, 0.717) is 11.3 Å². The number of aliphatic hydroxyl groups excluding tert-OH is 2. The van der Waals surface area contributed by atoms with Crippen LogP contribution in [0.3, 0.4) is 0 Å². The maximum Gasteiger partial charge on any atom is 0.220 e. The van der Waals surface area contributed by atoms with Gasteiger partial charge in [-0.1, -0.05) is 0 Å². The Balaban J connectivity index is 3.03. The fraction of sp³-hybridized carbons (Fsp3) is 0.417. The number of nitrogens with two attached hydrogens (primary N) is 2. The number of anilines is 1. The van der Waals surface area contributed by atoms with Crippen LogP contribution in [0.15, 0.2) is 12.1 Å². The zero-order valence-corrected chi connectivity index (χ0v) is 9.97. The number of aliphatic hydroxyl groups is 2. The summed E-state index contributed by atoms with van der Waals surface area (Å²) >= 11 is 0. The topological polar surface area (TPSA) is 110 Å². The van der Waals surface area contributed by atoms with Crippen LogP contribution in [-0.2, 0) is 4.79 Å². The van der Waals surface area contributed by atoms with Crippen LogP contribution < -0.4 is 11.5 Å². The zero-order valence-electron chi connectivity index (χ0n) is 9.97. The molecule has 0 aromatic heterocycles. The number of primary amides is 1. The molecule has 1 aromatic rings. The summed E-state index contributed by atoms with van der Waals surface area (Å²) in [7, 11) is 0. The van der Waals surface area contributed by atoms with Gasteiger partial charge in [0.05, 0.1) is 12.5 Å². The zero-order chi connectivity index (χ0) is 13.2. The van der Waals surface area contributed by atoms with Gasteiger partial charge in [-0.2, -0.15) is 0 Å². The van der Waals surface area contributed by atoms with Crippen LogP contribution in [0.4, 0.5) is 5.69 Å². The third-order valence-corrected chi connectivity index (χ3v) is 2.69. The molecule has 1 aromatic carbocycles. The Hall–Kier alpha value is -1.59. The van der Waals surface area contributed by atoms with Gasteiger partial charge < -0.3 is 21.7 Å². The van der Waals surface area contributed by atoms with Gasteiger partial charge in [-0.3, -0.25) is 4.79 Å². The van der Waals surface area contributed by atoms with Gasteiger partial charge in [0.2, 0.25) is 5.91 Å². The normalized spacial score (nSPS) is 14.4. The predicted octanol–water partition coefficient (Wildman–Crippen LogP) is 0.155. The highest BCUT2D eigenvalue weighted by atomic mass is 16.3. The molecule has 94 valence electrons. The second-order valence-corrected chi connectivity index (χ2v) is 4.25. The van der Waals surface area contributed by atoms with Gasteiger partial charge in [-0.25, -0.2) is 0 Å². The van der Waals surface area contributed by atoms with Crippen LogP contribution in [0.5, 0.6) is 0 Å². The van der Waals surface area contributed by atoms with Gasteiger partial charge in [-0.15, -0.1) is 0 Å². The highest BCUT2D eigenvalue weighted by molar-refractivity contribution is 5.74. The van der Waals surface area contributed by atoms with E-state index in [9.17, 15) is 15.0 Å². The molecule has 5 nitrogen and oxygen atoms in total. The number of carbonyl (C=O) groups is 1. The highest BCUT2D eigenvalue weighted by Crippen LogP contribution is 2.27. The van der Waals surface area contributed by atoms with Gasteiger partial charge in [0, 0.05) is 5.69 Å². The summed E-state index contributed by atoms with van der Waals surface area (Å²) in [5.74, 6) is -0.651. The SMILES string of the molecule is Cc1cc(N)cc(C)c1C(O)C(O)CC(N)=O. The van der Waals surface area contributed by atoms with E-state index in [0.717, 1.165) is 11.1 Å². The molecule has 2 unspecified atom stereocenters. The van der Waals surface area contributed by atoms with E-state index in [2.05, 4.69) is 0 Å². The van der Waals surface area contributed by atoms with Crippen LogP contribution in [0.1, 0.15) is 29.2 Å². The predicted molar refractivity (Wildman–Crippen MR) is 65.1 cm³/mol. The van der Waals surface area contributed by atoms with E-state index >= 15 is 0 Å². The summed E-state index contributed by atoms with van der Waals surface area (Å²) in [6, 6.07) is 3.42. The van der Waals surface area contributed by atoms with Gasteiger partial charge in [0.1, 0.15) is 6.10 Å². The van der Waals surface area contributed by atoms with Crippen LogP contribution in [-0.4, -0.2) is 22.2 Å². The Labute approximate surface area is 100 Å². The monoisotopic (exact) mass is 238 g/mol. The van der Waals surface area contributed by atoms with E-state index in [1.54, 1.807) is 26.0 Å². The number of benzene rings is 1.